The van der Waals surface area contributed by atoms with Crippen LogP contribution in [0.5, 0.6) is 0 Å². The van der Waals surface area contributed by atoms with Crippen molar-refractivity contribution < 1.29 is 9.90 Å². The van der Waals surface area contributed by atoms with Crippen LogP contribution in [0, 0.1) is 5.41 Å². The molecule has 0 spiro atoms. The van der Waals surface area contributed by atoms with Gasteiger partial charge in [-0.2, -0.15) is 5.10 Å². The molecule has 108 valence electrons. The molecule has 5 nitrogen and oxygen atoms in total. The lowest BCUT2D eigenvalue weighted by molar-refractivity contribution is 0.0690. The van der Waals surface area contributed by atoms with Crippen molar-refractivity contribution in [3.8, 4) is 0 Å². The Hall–Kier alpha value is -2.17. The van der Waals surface area contributed by atoms with Gasteiger partial charge in [-0.15, -0.1) is 0 Å². The standard InChI is InChI=1S/C13H15N3O2.C2H6/c1-13(2)5-6-16(15-9-13)8-10-3-4-11(12(17)18)14-7-10;1-2/h3-7,9H,8H2,1-2H3,(H,17,18);1-2H3. The molecule has 1 N–H and O–H groups in total. The number of aromatic nitrogens is 1. The molecule has 0 aromatic carbocycles. The molecule has 0 amide bonds. The number of carbonyl (C=O) groups is 1. The normalized spacial score (nSPS) is 15.5. The van der Waals surface area contributed by atoms with Crippen molar-refractivity contribution in [3.63, 3.8) is 0 Å². The van der Waals surface area contributed by atoms with Gasteiger partial charge in [-0.05, 0) is 11.6 Å². The number of hydrogen-bond acceptors (Lipinski definition) is 4. The Labute approximate surface area is 119 Å². The molecule has 1 aromatic heterocycles. The van der Waals surface area contributed by atoms with Crippen molar-refractivity contribution in [2.45, 2.75) is 34.2 Å². The van der Waals surface area contributed by atoms with Gasteiger partial charge in [-0.25, -0.2) is 9.78 Å². The summed E-state index contributed by atoms with van der Waals surface area (Å²) in [6, 6.07) is 3.25. The van der Waals surface area contributed by atoms with E-state index in [1.54, 1.807) is 17.3 Å². The quantitative estimate of drug-likeness (QED) is 0.920. The maximum absolute atomic E-state index is 10.7. The zero-order valence-electron chi connectivity index (χ0n) is 12.4. The smallest absolute Gasteiger partial charge is 0.354 e. The first-order chi connectivity index (χ1) is 9.46. The predicted molar refractivity (Wildman–Crippen MR) is 79.5 cm³/mol. The van der Waals surface area contributed by atoms with Gasteiger partial charge in [-0.1, -0.05) is 39.8 Å². The molecular weight excluding hydrogens is 254 g/mol. The van der Waals surface area contributed by atoms with Crippen LogP contribution in [0.1, 0.15) is 43.7 Å². The first kappa shape index (κ1) is 15.9. The molecule has 0 aliphatic carbocycles. The summed E-state index contributed by atoms with van der Waals surface area (Å²) in [5.74, 6) is -1.01. The van der Waals surface area contributed by atoms with Gasteiger partial charge in [0.25, 0.3) is 0 Å². The topological polar surface area (TPSA) is 65.8 Å². The minimum Gasteiger partial charge on any atom is -0.477 e. The van der Waals surface area contributed by atoms with Crippen LogP contribution < -0.4 is 0 Å². The third-order valence-electron chi connectivity index (χ3n) is 2.60. The summed E-state index contributed by atoms with van der Waals surface area (Å²) < 4.78 is 0. The second kappa shape index (κ2) is 6.84. The minimum absolute atomic E-state index is 0.0120. The molecule has 1 aromatic rings. The zero-order chi connectivity index (χ0) is 15.2. The number of aromatic carboxylic acids is 1. The Morgan fingerprint density at radius 1 is 1.35 bits per heavy atom. The van der Waals surface area contributed by atoms with Crippen LogP contribution in [-0.4, -0.2) is 27.3 Å². The fourth-order valence-electron chi connectivity index (χ4n) is 1.51. The summed E-state index contributed by atoms with van der Waals surface area (Å²) in [7, 11) is 0. The van der Waals surface area contributed by atoms with Crippen molar-refractivity contribution in [1.29, 1.82) is 0 Å². The summed E-state index contributed by atoms with van der Waals surface area (Å²) in [6.45, 7) is 8.73. The van der Waals surface area contributed by atoms with Crippen molar-refractivity contribution in [3.05, 3.63) is 41.9 Å². The largest absolute Gasteiger partial charge is 0.477 e. The Kier molecular flexibility index (Phi) is 5.43. The third-order valence-corrected chi connectivity index (χ3v) is 2.60. The molecule has 0 atom stereocenters. The van der Waals surface area contributed by atoms with Gasteiger partial charge in [0.1, 0.15) is 5.69 Å². The van der Waals surface area contributed by atoms with E-state index in [1.807, 2.05) is 26.3 Å². The van der Waals surface area contributed by atoms with E-state index in [0.29, 0.717) is 6.54 Å². The maximum atomic E-state index is 10.7. The lowest BCUT2D eigenvalue weighted by Crippen LogP contribution is -2.21. The lowest BCUT2D eigenvalue weighted by atomic mass is 9.95. The molecule has 1 aliphatic heterocycles. The average molecular weight is 275 g/mol. The van der Waals surface area contributed by atoms with Gasteiger partial charge in [0.15, 0.2) is 0 Å². The fourth-order valence-corrected chi connectivity index (χ4v) is 1.51. The number of carboxylic acids is 1. The molecule has 5 heteroatoms. The summed E-state index contributed by atoms with van der Waals surface area (Å²) in [4.78, 5) is 14.5. The van der Waals surface area contributed by atoms with Crippen molar-refractivity contribution in [1.82, 2.24) is 9.99 Å². The van der Waals surface area contributed by atoms with Crippen LogP contribution in [0.3, 0.4) is 0 Å². The summed E-state index contributed by atoms with van der Waals surface area (Å²) in [5, 5.41) is 14.9. The van der Waals surface area contributed by atoms with Crippen LogP contribution in [-0.2, 0) is 6.54 Å². The predicted octanol–water partition coefficient (Wildman–Crippen LogP) is 3.15. The Bertz CT molecular complexity index is 488. The number of pyridine rings is 1. The van der Waals surface area contributed by atoms with E-state index in [4.69, 9.17) is 5.11 Å². The van der Waals surface area contributed by atoms with Gasteiger partial charge < -0.3 is 5.11 Å². The van der Waals surface area contributed by atoms with Gasteiger partial charge >= 0.3 is 5.97 Å². The SMILES string of the molecule is CC.CC1(C)C=CN(Cc2ccc(C(=O)O)nc2)N=C1. The molecule has 0 saturated carbocycles. The molecular formula is C15H21N3O2. The van der Waals surface area contributed by atoms with Gasteiger partial charge in [0.2, 0.25) is 0 Å². The Morgan fingerprint density at radius 2 is 2.05 bits per heavy atom. The second-order valence-corrected chi connectivity index (χ2v) is 4.84. The van der Waals surface area contributed by atoms with Crippen LogP contribution in [0.25, 0.3) is 0 Å². The van der Waals surface area contributed by atoms with Crippen LogP contribution >= 0.6 is 0 Å². The van der Waals surface area contributed by atoms with Gasteiger partial charge in [-0.3, -0.25) is 5.01 Å². The molecule has 2 heterocycles. The van der Waals surface area contributed by atoms with E-state index in [-0.39, 0.29) is 11.1 Å². The highest BCUT2D eigenvalue weighted by molar-refractivity contribution is 5.85. The van der Waals surface area contributed by atoms with E-state index in [2.05, 4.69) is 30.0 Å². The fraction of sp³-hybridized carbons (Fsp3) is 0.400. The zero-order valence-corrected chi connectivity index (χ0v) is 12.4. The highest BCUT2D eigenvalue weighted by atomic mass is 16.4. The summed E-state index contributed by atoms with van der Waals surface area (Å²) in [5.41, 5.74) is 0.959. The first-order valence-electron chi connectivity index (χ1n) is 6.66. The lowest BCUT2D eigenvalue weighted by Gasteiger charge is -2.24. The number of allylic oxidation sites excluding steroid dienone is 1. The van der Waals surface area contributed by atoms with Crippen molar-refractivity contribution in [2.75, 3.05) is 0 Å². The van der Waals surface area contributed by atoms with E-state index >= 15 is 0 Å². The Balaban J connectivity index is 0.000000956. The molecule has 1 aliphatic rings. The summed E-state index contributed by atoms with van der Waals surface area (Å²) >= 11 is 0. The molecule has 0 unspecified atom stereocenters. The van der Waals surface area contributed by atoms with Gasteiger partial charge in [0, 0.05) is 24.0 Å². The van der Waals surface area contributed by atoms with Crippen LogP contribution in [0.15, 0.2) is 35.7 Å². The van der Waals surface area contributed by atoms with Gasteiger partial charge in [0.05, 0.1) is 6.54 Å². The number of hydrazone groups is 1. The van der Waals surface area contributed by atoms with E-state index in [9.17, 15) is 4.79 Å². The molecule has 0 radical (unpaired) electrons. The summed E-state index contributed by atoms with van der Waals surface area (Å²) in [6.07, 6.45) is 7.43. The molecule has 0 fully saturated rings. The van der Waals surface area contributed by atoms with E-state index in [0.717, 1.165) is 5.56 Å². The van der Waals surface area contributed by atoms with E-state index in [1.165, 1.54) is 6.07 Å². The molecule has 0 saturated heterocycles. The van der Waals surface area contributed by atoms with Crippen molar-refractivity contribution >= 4 is 12.2 Å². The highest BCUT2D eigenvalue weighted by Crippen LogP contribution is 2.19. The second-order valence-electron chi connectivity index (χ2n) is 4.84. The van der Waals surface area contributed by atoms with Crippen LogP contribution in [0.2, 0.25) is 0 Å². The third kappa shape index (κ3) is 4.50. The Morgan fingerprint density at radius 3 is 2.50 bits per heavy atom. The molecule has 2 rings (SSSR count). The first-order valence-corrected chi connectivity index (χ1v) is 6.66. The highest BCUT2D eigenvalue weighted by Gasteiger charge is 2.15. The van der Waals surface area contributed by atoms with Crippen LogP contribution in [0.4, 0.5) is 0 Å². The molecule has 20 heavy (non-hydrogen) atoms. The maximum Gasteiger partial charge on any atom is 0.354 e. The minimum atomic E-state index is -1.01. The monoisotopic (exact) mass is 275 g/mol. The number of nitrogens with zero attached hydrogens (tertiary/aromatic N) is 3. The van der Waals surface area contributed by atoms with E-state index < -0.39 is 5.97 Å². The molecule has 0 bridgehead atoms. The average Bonchev–Trinajstić information content (AvgIpc) is 2.44. The number of carboxylic acid groups (broad SMARTS) is 1. The number of rotatable bonds is 3. The van der Waals surface area contributed by atoms with Crippen molar-refractivity contribution in [2.24, 2.45) is 10.5 Å². The number of hydrogen-bond donors (Lipinski definition) is 1.